The first-order valence-corrected chi connectivity index (χ1v) is 7.35. The number of aliphatic imine (C=N–C) groups is 1. The van der Waals surface area contributed by atoms with Gasteiger partial charge in [-0.3, -0.25) is 4.79 Å². The van der Waals surface area contributed by atoms with Gasteiger partial charge < -0.3 is 19.9 Å². The third-order valence-electron chi connectivity index (χ3n) is 3.23. The third-order valence-corrected chi connectivity index (χ3v) is 3.23. The Morgan fingerprint density at radius 2 is 2.19 bits per heavy atom. The van der Waals surface area contributed by atoms with E-state index in [4.69, 9.17) is 10.5 Å². The lowest BCUT2D eigenvalue weighted by atomic mass is 10.3. The Hall–Kier alpha value is -1.89. The van der Waals surface area contributed by atoms with Gasteiger partial charge in [0.25, 0.3) is 5.91 Å². The molecule has 0 fully saturated rings. The first-order valence-electron chi connectivity index (χ1n) is 7.35. The highest BCUT2D eigenvalue weighted by atomic mass is 16.5. The van der Waals surface area contributed by atoms with Gasteiger partial charge in [0.05, 0.1) is 12.9 Å². The largest absolute Gasteiger partial charge is 0.483 e. The van der Waals surface area contributed by atoms with Gasteiger partial charge in [-0.05, 0) is 33.0 Å². The van der Waals surface area contributed by atoms with Crippen LogP contribution in [0, 0.1) is 0 Å². The Kier molecular flexibility index (Phi) is 7.45. The number of primary amides is 1. The van der Waals surface area contributed by atoms with Crippen LogP contribution in [-0.2, 0) is 11.3 Å². The molecule has 1 amide bonds. The minimum atomic E-state index is -0.582. The molecule has 1 aromatic rings. The molecule has 1 heterocycles. The van der Waals surface area contributed by atoms with Gasteiger partial charge in [0.2, 0.25) is 0 Å². The Bertz CT molecular complexity index is 466. The lowest BCUT2D eigenvalue weighted by Crippen LogP contribution is -2.24. The van der Waals surface area contributed by atoms with Crippen molar-refractivity contribution < 1.29 is 9.53 Å². The molecule has 0 atom stereocenters. The summed E-state index contributed by atoms with van der Waals surface area (Å²) < 4.78 is 6.91. The maximum Gasteiger partial charge on any atom is 0.271 e. The molecule has 0 bridgehead atoms. The van der Waals surface area contributed by atoms with E-state index in [0.717, 1.165) is 32.6 Å². The van der Waals surface area contributed by atoms with Crippen LogP contribution in [0.15, 0.2) is 11.3 Å². The van der Waals surface area contributed by atoms with Gasteiger partial charge in [-0.25, -0.2) is 9.98 Å². The number of rotatable bonds is 10. The van der Waals surface area contributed by atoms with Gasteiger partial charge in [-0.2, -0.15) is 0 Å². The minimum absolute atomic E-state index is 0.175. The van der Waals surface area contributed by atoms with E-state index in [1.54, 1.807) is 6.33 Å². The van der Waals surface area contributed by atoms with Crippen LogP contribution < -0.4 is 5.73 Å². The molecule has 1 aromatic heterocycles. The van der Waals surface area contributed by atoms with Gasteiger partial charge in [0.15, 0.2) is 17.9 Å². The van der Waals surface area contributed by atoms with Crippen LogP contribution in [0.4, 0.5) is 5.82 Å². The Balaban J connectivity index is 2.74. The van der Waals surface area contributed by atoms with Crippen molar-refractivity contribution in [3.05, 3.63) is 12.0 Å². The molecule has 2 N–H and O–H groups in total. The minimum Gasteiger partial charge on any atom is -0.483 e. The van der Waals surface area contributed by atoms with E-state index in [-0.39, 0.29) is 5.69 Å². The van der Waals surface area contributed by atoms with Crippen LogP contribution in [0.5, 0.6) is 0 Å². The standard InChI is InChI=1S/C14H25N5O2/c1-4-18(5-2)8-7-9-19-10-16-12(13(15)20)14(19)17-11-21-6-3/h10-11H,4-9H2,1-3H3,(H2,15,20)/b17-11+. The first-order chi connectivity index (χ1) is 10.1. The Labute approximate surface area is 125 Å². The Morgan fingerprint density at radius 3 is 2.76 bits per heavy atom. The van der Waals surface area contributed by atoms with E-state index in [2.05, 4.69) is 28.7 Å². The summed E-state index contributed by atoms with van der Waals surface area (Å²) in [5, 5.41) is 0. The predicted molar refractivity (Wildman–Crippen MR) is 82.9 cm³/mol. The third kappa shape index (κ3) is 5.18. The molecule has 0 aliphatic rings. The van der Waals surface area contributed by atoms with Gasteiger partial charge in [-0.1, -0.05) is 13.8 Å². The summed E-state index contributed by atoms with van der Waals surface area (Å²) in [4.78, 5) is 21.9. The highest BCUT2D eigenvalue weighted by Crippen LogP contribution is 2.18. The highest BCUT2D eigenvalue weighted by molar-refractivity contribution is 5.95. The van der Waals surface area contributed by atoms with Crippen molar-refractivity contribution in [1.82, 2.24) is 14.5 Å². The van der Waals surface area contributed by atoms with Crippen LogP contribution in [0.1, 0.15) is 37.7 Å². The van der Waals surface area contributed by atoms with E-state index in [0.29, 0.717) is 12.4 Å². The average molecular weight is 295 g/mol. The summed E-state index contributed by atoms with van der Waals surface area (Å²) in [6, 6.07) is 0. The number of nitrogens with zero attached hydrogens (tertiary/aromatic N) is 4. The zero-order valence-electron chi connectivity index (χ0n) is 13.1. The summed E-state index contributed by atoms with van der Waals surface area (Å²) in [6.07, 6.45) is 3.87. The van der Waals surface area contributed by atoms with Gasteiger partial charge in [-0.15, -0.1) is 0 Å². The predicted octanol–water partition coefficient (Wildman–Crippen LogP) is 1.41. The summed E-state index contributed by atoms with van der Waals surface area (Å²) in [5.41, 5.74) is 5.49. The van der Waals surface area contributed by atoms with Crippen molar-refractivity contribution >= 4 is 18.1 Å². The molecule has 0 saturated heterocycles. The zero-order chi connectivity index (χ0) is 15.7. The molecule has 7 nitrogen and oxygen atoms in total. The normalized spacial score (nSPS) is 11.4. The smallest absolute Gasteiger partial charge is 0.271 e. The monoisotopic (exact) mass is 295 g/mol. The van der Waals surface area contributed by atoms with Crippen LogP contribution in [0.25, 0.3) is 0 Å². The molecular formula is C14H25N5O2. The summed E-state index contributed by atoms with van der Waals surface area (Å²) >= 11 is 0. The van der Waals surface area contributed by atoms with Crippen molar-refractivity contribution in [2.75, 3.05) is 26.2 Å². The quantitative estimate of drug-likeness (QED) is 0.522. The fraction of sp³-hybridized carbons (Fsp3) is 0.643. The zero-order valence-corrected chi connectivity index (χ0v) is 13.1. The number of nitrogens with two attached hydrogens (primary N) is 1. The second-order valence-corrected chi connectivity index (χ2v) is 4.54. The van der Waals surface area contributed by atoms with Crippen molar-refractivity contribution in [2.24, 2.45) is 10.7 Å². The van der Waals surface area contributed by atoms with E-state index in [1.165, 1.54) is 6.40 Å². The number of aromatic nitrogens is 2. The van der Waals surface area contributed by atoms with Crippen LogP contribution in [0.3, 0.4) is 0 Å². The number of amides is 1. The molecule has 21 heavy (non-hydrogen) atoms. The molecule has 0 unspecified atom stereocenters. The summed E-state index contributed by atoms with van der Waals surface area (Å²) in [6.45, 7) is 10.5. The molecule has 0 aliphatic carbocycles. The molecule has 0 aromatic carbocycles. The first kappa shape index (κ1) is 17.2. The van der Waals surface area contributed by atoms with E-state index in [1.807, 2.05) is 11.5 Å². The van der Waals surface area contributed by atoms with Crippen molar-refractivity contribution in [2.45, 2.75) is 33.7 Å². The van der Waals surface area contributed by atoms with Crippen LogP contribution in [0.2, 0.25) is 0 Å². The van der Waals surface area contributed by atoms with Crippen molar-refractivity contribution in [3.8, 4) is 0 Å². The summed E-state index contributed by atoms with van der Waals surface area (Å²) in [5.74, 6) is -0.128. The number of ether oxygens (including phenoxy) is 1. The molecule has 0 spiro atoms. The number of aryl methyl sites for hydroxylation is 1. The maximum absolute atomic E-state index is 11.4. The molecule has 0 radical (unpaired) electrons. The number of hydrogen-bond acceptors (Lipinski definition) is 5. The van der Waals surface area contributed by atoms with Crippen LogP contribution >= 0.6 is 0 Å². The van der Waals surface area contributed by atoms with Gasteiger partial charge >= 0.3 is 0 Å². The number of hydrogen-bond donors (Lipinski definition) is 1. The van der Waals surface area contributed by atoms with Gasteiger partial charge in [0.1, 0.15) is 0 Å². The fourth-order valence-corrected chi connectivity index (χ4v) is 2.01. The lowest BCUT2D eigenvalue weighted by Gasteiger charge is -2.17. The van der Waals surface area contributed by atoms with Crippen molar-refractivity contribution in [1.29, 1.82) is 0 Å². The van der Waals surface area contributed by atoms with Crippen molar-refractivity contribution in [3.63, 3.8) is 0 Å². The SMILES string of the molecule is CCO/C=N/c1c(C(N)=O)ncn1CCCN(CC)CC. The average Bonchev–Trinajstić information content (AvgIpc) is 2.87. The second kappa shape index (κ2) is 9.12. The van der Waals surface area contributed by atoms with E-state index >= 15 is 0 Å². The number of imidazole rings is 1. The lowest BCUT2D eigenvalue weighted by molar-refractivity contribution is 0.0996. The molecular weight excluding hydrogens is 270 g/mol. The molecule has 0 aliphatic heterocycles. The molecule has 0 saturated carbocycles. The van der Waals surface area contributed by atoms with Crippen LogP contribution in [-0.4, -0.2) is 53.0 Å². The number of carbonyl (C=O) groups excluding carboxylic acids is 1. The topological polar surface area (TPSA) is 85.7 Å². The number of carbonyl (C=O) groups is 1. The van der Waals surface area contributed by atoms with Gasteiger partial charge in [0, 0.05) is 6.54 Å². The molecule has 118 valence electrons. The Morgan fingerprint density at radius 1 is 1.48 bits per heavy atom. The van der Waals surface area contributed by atoms with E-state index < -0.39 is 5.91 Å². The van der Waals surface area contributed by atoms with E-state index in [9.17, 15) is 4.79 Å². The second-order valence-electron chi connectivity index (χ2n) is 4.54. The summed E-state index contributed by atoms with van der Waals surface area (Å²) in [7, 11) is 0. The molecule has 1 rings (SSSR count). The maximum atomic E-state index is 11.4. The fourth-order valence-electron chi connectivity index (χ4n) is 2.01. The highest BCUT2D eigenvalue weighted by Gasteiger charge is 2.14. The molecule has 7 heteroatoms.